The first-order chi connectivity index (χ1) is 10.5. The normalized spacial score (nSPS) is 18.4. The van der Waals surface area contributed by atoms with Gasteiger partial charge >= 0.3 is 0 Å². The lowest BCUT2D eigenvalue weighted by atomic mass is 9.96. The highest BCUT2D eigenvalue weighted by atomic mass is 16.5. The summed E-state index contributed by atoms with van der Waals surface area (Å²) in [6.07, 6.45) is 4.36. The molecule has 1 N–H and O–H groups in total. The molecule has 122 valence electrons. The van der Waals surface area contributed by atoms with E-state index in [2.05, 4.69) is 24.3 Å². The first-order valence-electron chi connectivity index (χ1n) is 8.14. The van der Waals surface area contributed by atoms with Gasteiger partial charge in [0.15, 0.2) is 0 Å². The molecule has 1 atom stereocenters. The molecule has 0 spiro atoms. The largest absolute Gasteiger partial charge is 0.364 e. The maximum absolute atomic E-state index is 12.2. The molecule has 1 saturated carbocycles. The van der Waals surface area contributed by atoms with Crippen molar-refractivity contribution < 1.29 is 9.53 Å². The zero-order chi connectivity index (χ0) is 16.0. The molecule has 0 heterocycles. The van der Waals surface area contributed by atoms with Crippen molar-refractivity contribution in [2.24, 2.45) is 0 Å². The lowest BCUT2D eigenvalue weighted by Gasteiger charge is -2.36. The zero-order valence-corrected chi connectivity index (χ0v) is 14.0. The summed E-state index contributed by atoms with van der Waals surface area (Å²) in [6, 6.07) is 9.94. The second kappa shape index (κ2) is 7.75. The van der Waals surface area contributed by atoms with Gasteiger partial charge in [0.1, 0.15) is 6.10 Å². The molecule has 4 heteroatoms. The number of nitrogens with zero attached hydrogens (tertiary/aromatic N) is 1. The quantitative estimate of drug-likeness (QED) is 0.842. The Kier molecular flexibility index (Phi) is 5.98. The van der Waals surface area contributed by atoms with Gasteiger partial charge in [-0.3, -0.25) is 4.79 Å². The average molecular weight is 304 g/mol. The lowest BCUT2D eigenvalue weighted by molar-refractivity contribution is -0.133. The Morgan fingerprint density at radius 3 is 2.50 bits per heavy atom. The van der Waals surface area contributed by atoms with E-state index in [9.17, 15) is 4.79 Å². The first kappa shape index (κ1) is 17.0. The van der Waals surface area contributed by atoms with E-state index in [0.717, 1.165) is 18.4 Å². The summed E-state index contributed by atoms with van der Waals surface area (Å²) in [5.74, 6) is -0.0240. The minimum atomic E-state index is -0.430. The van der Waals surface area contributed by atoms with E-state index in [0.29, 0.717) is 13.2 Å². The third-order valence-electron chi connectivity index (χ3n) is 4.79. The van der Waals surface area contributed by atoms with Crippen molar-refractivity contribution >= 4 is 5.91 Å². The van der Waals surface area contributed by atoms with Gasteiger partial charge in [0.05, 0.1) is 6.61 Å². The van der Waals surface area contributed by atoms with Gasteiger partial charge in [0.2, 0.25) is 5.91 Å². The van der Waals surface area contributed by atoms with Crippen molar-refractivity contribution in [1.82, 2.24) is 10.2 Å². The van der Waals surface area contributed by atoms with Crippen LogP contribution in [0, 0.1) is 0 Å². The summed E-state index contributed by atoms with van der Waals surface area (Å²) in [5, 5.41) is 3.08. The monoisotopic (exact) mass is 304 g/mol. The predicted octanol–water partition coefficient (Wildman–Crippen LogP) is 2.58. The Morgan fingerprint density at radius 1 is 1.27 bits per heavy atom. The highest BCUT2D eigenvalue weighted by molar-refractivity contribution is 5.80. The Hall–Kier alpha value is -1.39. The van der Waals surface area contributed by atoms with Crippen LogP contribution >= 0.6 is 0 Å². The second-order valence-corrected chi connectivity index (χ2v) is 6.48. The molecule has 0 radical (unpaired) electrons. The van der Waals surface area contributed by atoms with Crippen LogP contribution in [-0.4, -0.2) is 43.1 Å². The van der Waals surface area contributed by atoms with Crippen molar-refractivity contribution in [2.75, 3.05) is 20.6 Å². The van der Waals surface area contributed by atoms with Crippen molar-refractivity contribution in [1.29, 1.82) is 0 Å². The first-order valence-corrected chi connectivity index (χ1v) is 8.14. The van der Waals surface area contributed by atoms with E-state index >= 15 is 0 Å². The lowest BCUT2D eigenvalue weighted by Crippen LogP contribution is -2.52. The summed E-state index contributed by atoms with van der Waals surface area (Å²) in [4.78, 5) is 14.5. The molecule has 1 aliphatic carbocycles. The Morgan fingerprint density at radius 2 is 1.91 bits per heavy atom. The van der Waals surface area contributed by atoms with Crippen LogP contribution in [0.4, 0.5) is 0 Å². The number of hydrogen-bond acceptors (Lipinski definition) is 3. The molecule has 1 fully saturated rings. The standard InChI is InChI=1S/C18H28N2O2/c1-15(22-13-16-9-5-4-6-10-16)17(21)19-14-18(20(2)3)11-7-8-12-18/h4-6,9-10,15H,7-8,11-14H2,1-3H3,(H,19,21)/t15-/m0/s1. The molecule has 0 aromatic heterocycles. The number of carbonyl (C=O) groups excluding carboxylic acids is 1. The fourth-order valence-electron chi connectivity index (χ4n) is 3.08. The average Bonchev–Trinajstić information content (AvgIpc) is 3.01. The van der Waals surface area contributed by atoms with Gasteiger partial charge in [0.25, 0.3) is 0 Å². The molecule has 1 aromatic carbocycles. The number of amides is 1. The van der Waals surface area contributed by atoms with E-state index in [1.807, 2.05) is 37.3 Å². The van der Waals surface area contributed by atoms with Crippen molar-refractivity contribution in [3.05, 3.63) is 35.9 Å². The topological polar surface area (TPSA) is 41.6 Å². The zero-order valence-electron chi connectivity index (χ0n) is 14.0. The summed E-state index contributed by atoms with van der Waals surface area (Å²) in [5.41, 5.74) is 1.21. The van der Waals surface area contributed by atoms with Gasteiger partial charge < -0.3 is 15.0 Å². The van der Waals surface area contributed by atoms with Gasteiger partial charge in [0, 0.05) is 12.1 Å². The van der Waals surface area contributed by atoms with E-state index in [1.54, 1.807) is 0 Å². The molecule has 2 rings (SSSR count). The maximum atomic E-state index is 12.2. The maximum Gasteiger partial charge on any atom is 0.248 e. The molecule has 1 aromatic rings. The third-order valence-corrected chi connectivity index (χ3v) is 4.79. The van der Waals surface area contributed by atoms with Crippen LogP contribution in [0.3, 0.4) is 0 Å². The Bertz CT molecular complexity index is 467. The van der Waals surface area contributed by atoms with Crippen molar-refractivity contribution in [3.63, 3.8) is 0 Å². The fourth-order valence-corrected chi connectivity index (χ4v) is 3.08. The number of ether oxygens (including phenoxy) is 1. The molecular formula is C18H28N2O2. The summed E-state index contributed by atoms with van der Waals surface area (Å²) in [6.45, 7) is 2.99. The highest BCUT2D eigenvalue weighted by Crippen LogP contribution is 2.33. The van der Waals surface area contributed by atoms with Crippen LogP contribution < -0.4 is 5.32 Å². The van der Waals surface area contributed by atoms with E-state index in [-0.39, 0.29) is 11.4 Å². The summed E-state index contributed by atoms with van der Waals surface area (Å²) < 4.78 is 5.67. The molecule has 0 aliphatic heterocycles. The van der Waals surface area contributed by atoms with Crippen LogP contribution in [-0.2, 0) is 16.1 Å². The van der Waals surface area contributed by atoms with Gasteiger partial charge in [-0.25, -0.2) is 0 Å². The fraction of sp³-hybridized carbons (Fsp3) is 0.611. The van der Waals surface area contributed by atoms with Crippen LogP contribution in [0.2, 0.25) is 0 Å². The molecule has 1 aliphatic rings. The van der Waals surface area contributed by atoms with Crippen LogP contribution in [0.15, 0.2) is 30.3 Å². The number of benzene rings is 1. The van der Waals surface area contributed by atoms with Crippen molar-refractivity contribution in [2.45, 2.75) is 50.9 Å². The van der Waals surface area contributed by atoms with Gasteiger partial charge in [-0.2, -0.15) is 0 Å². The second-order valence-electron chi connectivity index (χ2n) is 6.48. The Labute approximate surface area is 133 Å². The Balaban J connectivity index is 1.78. The molecule has 1 amide bonds. The van der Waals surface area contributed by atoms with Crippen molar-refractivity contribution in [3.8, 4) is 0 Å². The van der Waals surface area contributed by atoms with E-state index in [4.69, 9.17) is 4.74 Å². The van der Waals surface area contributed by atoms with E-state index < -0.39 is 6.10 Å². The smallest absolute Gasteiger partial charge is 0.248 e. The summed E-state index contributed by atoms with van der Waals surface area (Å²) >= 11 is 0. The predicted molar refractivity (Wildman–Crippen MR) is 88.6 cm³/mol. The molecule has 4 nitrogen and oxygen atoms in total. The molecular weight excluding hydrogens is 276 g/mol. The SMILES string of the molecule is C[C@H](OCc1ccccc1)C(=O)NCC1(N(C)C)CCCC1. The minimum absolute atomic E-state index is 0.0240. The van der Waals surface area contributed by atoms with Crippen LogP contribution in [0.25, 0.3) is 0 Å². The van der Waals surface area contributed by atoms with Gasteiger partial charge in [-0.05, 0) is 39.4 Å². The van der Waals surface area contributed by atoms with E-state index in [1.165, 1.54) is 12.8 Å². The molecule has 22 heavy (non-hydrogen) atoms. The number of carbonyl (C=O) groups is 1. The number of nitrogens with one attached hydrogen (secondary N) is 1. The highest BCUT2D eigenvalue weighted by Gasteiger charge is 2.36. The minimum Gasteiger partial charge on any atom is -0.364 e. The third kappa shape index (κ3) is 4.31. The molecule has 0 bridgehead atoms. The van der Waals surface area contributed by atoms with Crippen LogP contribution in [0.5, 0.6) is 0 Å². The number of rotatable bonds is 7. The van der Waals surface area contributed by atoms with Gasteiger partial charge in [-0.15, -0.1) is 0 Å². The van der Waals surface area contributed by atoms with Gasteiger partial charge in [-0.1, -0.05) is 43.2 Å². The summed E-state index contributed by atoms with van der Waals surface area (Å²) in [7, 11) is 4.21. The molecule has 0 unspecified atom stereocenters. The number of likely N-dealkylation sites (N-methyl/N-ethyl adjacent to an activating group) is 1. The van der Waals surface area contributed by atoms with Crippen LogP contribution in [0.1, 0.15) is 38.2 Å². The molecule has 0 saturated heterocycles. The number of hydrogen-bond donors (Lipinski definition) is 1.